The highest BCUT2D eigenvalue weighted by atomic mass is 32.1. The third-order valence-corrected chi connectivity index (χ3v) is 4.93. The first-order valence-corrected chi connectivity index (χ1v) is 8.09. The Morgan fingerprint density at radius 1 is 1.15 bits per heavy atom. The Bertz CT molecular complexity index is 557. The first kappa shape index (κ1) is 15.2. The van der Waals surface area contributed by atoms with Gasteiger partial charge in [0.05, 0.1) is 10.7 Å². The van der Waals surface area contributed by atoms with Gasteiger partial charge in [-0.2, -0.15) is 0 Å². The Balaban J connectivity index is 2.13. The third-order valence-electron chi connectivity index (χ3n) is 3.67. The second-order valence-electron chi connectivity index (χ2n) is 5.44. The molecule has 2 nitrogen and oxygen atoms in total. The van der Waals surface area contributed by atoms with Gasteiger partial charge in [-0.1, -0.05) is 36.8 Å². The zero-order valence-corrected chi connectivity index (χ0v) is 13.8. The van der Waals surface area contributed by atoms with Crippen molar-refractivity contribution < 1.29 is 0 Å². The highest BCUT2D eigenvalue weighted by molar-refractivity contribution is 7.11. The van der Waals surface area contributed by atoms with Crippen molar-refractivity contribution in [2.75, 3.05) is 0 Å². The molecule has 0 fully saturated rings. The maximum absolute atomic E-state index is 4.53. The summed E-state index contributed by atoms with van der Waals surface area (Å²) in [5.74, 6) is 0. The van der Waals surface area contributed by atoms with Crippen LogP contribution in [0.25, 0.3) is 0 Å². The molecule has 0 spiro atoms. The maximum atomic E-state index is 4.53. The van der Waals surface area contributed by atoms with Crippen LogP contribution in [0.2, 0.25) is 0 Å². The molecular formula is C17H24N2S. The number of aromatic nitrogens is 1. The molecule has 0 radical (unpaired) electrons. The minimum Gasteiger partial charge on any atom is -0.303 e. The molecule has 0 amide bonds. The molecule has 1 heterocycles. The van der Waals surface area contributed by atoms with Crippen LogP contribution >= 0.6 is 11.3 Å². The summed E-state index contributed by atoms with van der Waals surface area (Å²) in [5, 5.41) is 4.89. The molecule has 108 valence electrons. The molecule has 2 aromatic rings. The van der Waals surface area contributed by atoms with E-state index < -0.39 is 0 Å². The second-order valence-corrected chi connectivity index (χ2v) is 6.68. The van der Waals surface area contributed by atoms with Crippen LogP contribution in [0.5, 0.6) is 0 Å². The van der Waals surface area contributed by atoms with Gasteiger partial charge in [0.15, 0.2) is 0 Å². The minimum absolute atomic E-state index is 0.340. The van der Waals surface area contributed by atoms with Gasteiger partial charge >= 0.3 is 0 Å². The van der Waals surface area contributed by atoms with Gasteiger partial charge < -0.3 is 5.32 Å². The summed E-state index contributed by atoms with van der Waals surface area (Å²) in [4.78, 5) is 5.88. The van der Waals surface area contributed by atoms with E-state index in [1.807, 2.05) is 0 Å². The number of nitrogens with zero attached hydrogens (tertiary/aromatic N) is 1. The van der Waals surface area contributed by atoms with Crippen LogP contribution in [0.4, 0.5) is 0 Å². The van der Waals surface area contributed by atoms with Crippen molar-refractivity contribution in [2.45, 2.75) is 53.1 Å². The first-order chi connectivity index (χ1) is 9.51. The van der Waals surface area contributed by atoms with E-state index in [2.05, 4.69) is 69.2 Å². The standard InChI is InChI=1S/C17H24N2S/c1-6-16(15-9-7-11(2)8-10-15)19-13(4)17-12(3)18-14(5)20-17/h7-10,13,16,19H,6H2,1-5H3. The Hall–Kier alpha value is -1.19. The maximum Gasteiger partial charge on any atom is 0.0900 e. The van der Waals surface area contributed by atoms with Crippen molar-refractivity contribution in [3.8, 4) is 0 Å². The molecule has 20 heavy (non-hydrogen) atoms. The molecular weight excluding hydrogens is 264 g/mol. The largest absolute Gasteiger partial charge is 0.303 e. The number of nitrogens with one attached hydrogen (secondary N) is 1. The second kappa shape index (κ2) is 6.51. The fourth-order valence-electron chi connectivity index (χ4n) is 2.57. The highest BCUT2D eigenvalue weighted by Gasteiger charge is 2.17. The molecule has 1 aromatic carbocycles. The number of rotatable bonds is 5. The fraction of sp³-hybridized carbons (Fsp3) is 0.471. The van der Waals surface area contributed by atoms with Crippen molar-refractivity contribution in [3.63, 3.8) is 0 Å². The van der Waals surface area contributed by atoms with Gasteiger partial charge in [0.25, 0.3) is 0 Å². The molecule has 2 rings (SSSR count). The summed E-state index contributed by atoms with van der Waals surface area (Å²) in [6.07, 6.45) is 1.09. The zero-order chi connectivity index (χ0) is 14.7. The zero-order valence-electron chi connectivity index (χ0n) is 13.0. The number of hydrogen-bond donors (Lipinski definition) is 1. The monoisotopic (exact) mass is 288 g/mol. The molecule has 0 saturated carbocycles. The molecule has 0 saturated heterocycles. The lowest BCUT2D eigenvalue weighted by Gasteiger charge is -2.22. The Morgan fingerprint density at radius 2 is 1.80 bits per heavy atom. The van der Waals surface area contributed by atoms with Crippen molar-refractivity contribution in [1.29, 1.82) is 0 Å². The van der Waals surface area contributed by atoms with E-state index in [-0.39, 0.29) is 0 Å². The van der Waals surface area contributed by atoms with E-state index in [0.717, 1.165) is 17.1 Å². The smallest absolute Gasteiger partial charge is 0.0900 e. The van der Waals surface area contributed by atoms with Crippen LogP contribution in [-0.2, 0) is 0 Å². The van der Waals surface area contributed by atoms with Crippen LogP contribution < -0.4 is 5.32 Å². The molecule has 1 aromatic heterocycles. The van der Waals surface area contributed by atoms with Gasteiger partial charge in [-0.3, -0.25) is 0 Å². The van der Waals surface area contributed by atoms with Crippen molar-refractivity contribution in [2.24, 2.45) is 0 Å². The van der Waals surface area contributed by atoms with Crippen LogP contribution in [0, 0.1) is 20.8 Å². The summed E-state index contributed by atoms with van der Waals surface area (Å²) in [6, 6.07) is 9.57. The molecule has 1 N–H and O–H groups in total. The predicted molar refractivity (Wildman–Crippen MR) is 87.3 cm³/mol. The molecule has 0 aliphatic rings. The highest BCUT2D eigenvalue weighted by Crippen LogP contribution is 2.28. The third kappa shape index (κ3) is 3.47. The van der Waals surface area contributed by atoms with Gasteiger partial charge in [0.1, 0.15) is 0 Å². The SMILES string of the molecule is CCC(NC(C)c1sc(C)nc1C)c1ccc(C)cc1. The van der Waals surface area contributed by atoms with E-state index >= 15 is 0 Å². The van der Waals surface area contributed by atoms with E-state index in [1.165, 1.54) is 16.0 Å². The average molecular weight is 288 g/mol. The van der Waals surface area contributed by atoms with Crippen LogP contribution in [-0.4, -0.2) is 4.98 Å². The summed E-state index contributed by atoms with van der Waals surface area (Å²) >= 11 is 1.80. The van der Waals surface area contributed by atoms with Crippen LogP contribution in [0.15, 0.2) is 24.3 Å². The minimum atomic E-state index is 0.340. The van der Waals surface area contributed by atoms with Crippen molar-refractivity contribution >= 4 is 11.3 Å². The average Bonchev–Trinajstić information content (AvgIpc) is 2.76. The Labute approximate surface area is 126 Å². The normalized spacial score (nSPS) is 14.2. The Kier molecular flexibility index (Phi) is 4.95. The van der Waals surface area contributed by atoms with Crippen molar-refractivity contribution in [1.82, 2.24) is 10.3 Å². The van der Waals surface area contributed by atoms with E-state index in [9.17, 15) is 0 Å². The van der Waals surface area contributed by atoms with Gasteiger partial charge in [-0.15, -0.1) is 11.3 Å². The van der Waals surface area contributed by atoms with E-state index in [1.54, 1.807) is 11.3 Å². The molecule has 3 heteroatoms. The van der Waals surface area contributed by atoms with Crippen LogP contribution in [0.1, 0.15) is 59.1 Å². The Morgan fingerprint density at radius 3 is 2.30 bits per heavy atom. The number of benzene rings is 1. The summed E-state index contributed by atoms with van der Waals surface area (Å²) in [7, 11) is 0. The lowest BCUT2D eigenvalue weighted by atomic mass is 10.0. The lowest BCUT2D eigenvalue weighted by molar-refractivity contribution is 0.459. The lowest BCUT2D eigenvalue weighted by Crippen LogP contribution is -2.24. The topological polar surface area (TPSA) is 24.9 Å². The predicted octanol–water partition coefficient (Wildman–Crippen LogP) is 4.87. The summed E-state index contributed by atoms with van der Waals surface area (Å²) in [5.41, 5.74) is 3.83. The van der Waals surface area contributed by atoms with E-state index in [4.69, 9.17) is 0 Å². The molecule has 0 aliphatic heterocycles. The van der Waals surface area contributed by atoms with E-state index in [0.29, 0.717) is 12.1 Å². The van der Waals surface area contributed by atoms with Gasteiger partial charge in [0, 0.05) is 17.0 Å². The molecule has 0 bridgehead atoms. The molecule has 0 aliphatic carbocycles. The van der Waals surface area contributed by atoms with Crippen molar-refractivity contribution in [3.05, 3.63) is 51.0 Å². The molecule has 2 atom stereocenters. The number of hydrogen-bond acceptors (Lipinski definition) is 3. The summed E-state index contributed by atoms with van der Waals surface area (Å²) in [6.45, 7) is 10.8. The first-order valence-electron chi connectivity index (χ1n) is 7.27. The van der Waals surface area contributed by atoms with Gasteiger partial charge in [-0.05, 0) is 39.7 Å². The number of aryl methyl sites for hydroxylation is 3. The number of thiazole rings is 1. The quantitative estimate of drug-likeness (QED) is 0.849. The fourth-order valence-corrected chi connectivity index (χ4v) is 3.51. The van der Waals surface area contributed by atoms with Crippen LogP contribution in [0.3, 0.4) is 0 Å². The summed E-state index contributed by atoms with van der Waals surface area (Å²) < 4.78 is 0. The van der Waals surface area contributed by atoms with Gasteiger partial charge in [-0.25, -0.2) is 4.98 Å². The molecule has 2 unspecified atom stereocenters. The van der Waals surface area contributed by atoms with Gasteiger partial charge in [0.2, 0.25) is 0 Å².